The van der Waals surface area contributed by atoms with Gasteiger partial charge in [-0.15, -0.1) is 0 Å². The molecule has 0 fully saturated rings. The van der Waals surface area contributed by atoms with E-state index < -0.39 is 4.92 Å². The molecule has 0 unspecified atom stereocenters. The maximum Gasteiger partial charge on any atom is 0.333 e. The molecule has 106 valence electrons. The Bertz CT molecular complexity index is 637. The molecule has 2 N–H and O–H groups in total. The van der Waals surface area contributed by atoms with Crippen LogP contribution in [0, 0.1) is 17.0 Å². The number of nitrogen functional groups attached to an aromatic ring is 1. The van der Waals surface area contributed by atoms with Gasteiger partial charge in [-0.3, -0.25) is 10.1 Å². The van der Waals surface area contributed by atoms with E-state index in [1.54, 1.807) is 14.0 Å². The molecule has 1 aromatic heterocycles. The molecule has 0 aliphatic rings. The molecule has 7 nitrogen and oxygen atoms in total. The van der Waals surface area contributed by atoms with Gasteiger partial charge in [-0.05, 0) is 18.1 Å². The number of benzene rings is 1. The van der Waals surface area contributed by atoms with Crippen molar-refractivity contribution >= 4 is 11.5 Å². The van der Waals surface area contributed by atoms with E-state index in [-0.39, 0.29) is 11.5 Å². The van der Waals surface area contributed by atoms with Gasteiger partial charge in [0.15, 0.2) is 0 Å². The third-order valence-corrected chi connectivity index (χ3v) is 2.95. The molecule has 0 aliphatic heterocycles. The standard InChI is InChI=1S/C13H16N4O3/c1-9-12(17(18)19)13(14)16(15-9)7-10-4-3-5-11(6-10)8-20-2/h3-6H,7-8,14H2,1-2H3. The lowest BCUT2D eigenvalue weighted by atomic mass is 10.1. The van der Waals surface area contributed by atoms with E-state index in [0.717, 1.165) is 11.1 Å². The van der Waals surface area contributed by atoms with Gasteiger partial charge in [-0.25, -0.2) is 4.68 Å². The van der Waals surface area contributed by atoms with Crippen molar-refractivity contribution in [3.63, 3.8) is 0 Å². The topological polar surface area (TPSA) is 96.2 Å². The first-order valence-corrected chi connectivity index (χ1v) is 6.07. The summed E-state index contributed by atoms with van der Waals surface area (Å²) in [5.74, 6) is 0.0737. The molecule has 0 atom stereocenters. The summed E-state index contributed by atoms with van der Waals surface area (Å²) < 4.78 is 6.52. The molecule has 0 aliphatic carbocycles. The smallest absolute Gasteiger partial charge is 0.333 e. The van der Waals surface area contributed by atoms with Gasteiger partial charge >= 0.3 is 5.69 Å². The summed E-state index contributed by atoms with van der Waals surface area (Å²) in [6, 6.07) is 7.74. The van der Waals surface area contributed by atoms with Gasteiger partial charge in [0, 0.05) is 7.11 Å². The predicted octanol–water partition coefficient (Wildman–Crippen LogP) is 1.88. The lowest BCUT2D eigenvalue weighted by molar-refractivity contribution is -0.384. The quantitative estimate of drug-likeness (QED) is 0.664. The van der Waals surface area contributed by atoms with Gasteiger partial charge in [0.05, 0.1) is 18.1 Å². The van der Waals surface area contributed by atoms with Crippen molar-refractivity contribution in [3.05, 3.63) is 51.2 Å². The zero-order valence-electron chi connectivity index (χ0n) is 11.4. The van der Waals surface area contributed by atoms with Crippen LogP contribution in [-0.2, 0) is 17.9 Å². The largest absolute Gasteiger partial charge is 0.380 e. The van der Waals surface area contributed by atoms with E-state index in [1.165, 1.54) is 4.68 Å². The molecule has 0 saturated carbocycles. The zero-order chi connectivity index (χ0) is 14.7. The molecule has 0 amide bonds. The monoisotopic (exact) mass is 276 g/mol. The SMILES string of the molecule is COCc1cccc(Cn2nc(C)c([N+](=O)[O-])c2N)c1. The Morgan fingerprint density at radius 3 is 2.75 bits per heavy atom. The Labute approximate surface area is 116 Å². The zero-order valence-corrected chi connectivity index (χ0v) is 11.4. The summed E-state index contributed by atoms with van der Waals surface area (Å²) in [6.45, 7) is 2.48. The Balaban J connectivity index is 2.28. The summed E-state index contributed by atoms with van der Waals surface area (Å²) in [5, 5.41) is 15.0. The number of aromatic nitrogens is 2. The molecular formula is C13H16N4O3. The molecule has 1 heterocycles. The normalized spacial score (nSPS) is 10.7. The average Bonchev–Trinajstić information content (AvgIpc) is 2.65. The van der Waals surface area contributed by atoms with Gasteiger partial charge in [-0.2, -0.15) is 5.10 Å². The van der Waals surface area contributed by atoms with E-state index >= 15 is 0 Å². The first-order valence-electron chi connectivity index (χ1n) is 6.07. The van der Waals surface area contributed by atoms with Gasteiger partial charge in [-0.1, -0.05) is 24.3 Å². The van der Waals surface area contributed by atoms with Crippen LogP contribution in [0.5, 0.6) is 0 Å². The lowest BCUT2D eigenvalue weighted by Crippen LogP contribution is -2.07. The number of rotatable bonds is 5. The molecule has 0 bridgehead atoms. The highest BCUT2D eigenvalue weighted by atomic mass is 16.6. The predicted molar refractivity (Wildman–Crippen MR) is 74.3 cm³/mol. The van der Waals surface area contributed by atoms with E-state index in [0.29, 0.717) is 18.8 Å². The fraction of sp³-hybridized carbons (Fsp3) is 0.308. The minimum absolute atomic E-state index is 0.0737. The second-order valence-corrected chi connectivity index (χ2v) is 4.49. The number of aryl methyl sites for hydroxylation is 1. The van der Waals surface area contributed by atoms with Crippen LogP contribution in [0.2, 0.25) is 0 Å². The second kappa shape index (κ2) is 5.70. The van der Waals surface area contributed by atoms with Crippen LogP contribution >= 0.6 is 0 Å². The summed E-state index contributed by atoms with van der Waals surface area (Å²) in [5.41, 5.74) is 7.97. The van der Waals surface area contributed by atoms with Gasteiger partial charge in [0.2, 0.25) is 5.82 Å². The number of nitrogens with zero attached hydrogens (tertiary/aromatic N) is 3. The minimum atomic E-state index is -0.504. The summed E-state index contributed by atoms with van der Waals surface area (Å²) in [7, 11) is 1.63. The third-order valence-electron chi connectivity index (χ3n) is 2.95. The van der Waals surface area contributed by atoms with Crippen LogP contribution in [0.3, 0.4) is 0 Å². The highest BCUT2D eigenvalue weighted by Gasteiger charge is 2.22. The van der Waals surface area contributed by atoms with Crippen molar-refractivity contribution in [2.45, 2.75) is 20.1 Å². The molecule has 0 spiro atoms. The van der Waals surface area contributed by atoms with Crippen molar-refractivity contribution in [2.24, 2.45) is 0 Å². The van der Waals surface area contributed by atoms with Crippen LogP contribution in [0.4, 0.5) is 11.5 Å². The summed E-state index contributed by atoms with van der Waals surface area (Å²) in [4.78, 5) is 10.4. The maximum atomic E-state index is 10.9. The first kappa shape index (κ1) is 14.0. The van der Waals surface area contributed by atoms with Crippen molar-refractivity contribution in [3.8, 4) is 0 Å². The minimum Gasteiger partial charge on any atom is -0.380 e. The fourth-order valence-electron chi connectivity index (χ4n) is 2.09. The average molecular weight is 276 g/mol. The van der Waals surface area contributed by atoms with Gasteiger partial charge in [0.1, 0.15) is 5.69 Å². The highest BCUT2D eigenvalue weighted by Crippen LogP contribution is 2.25. The Morgan fingerprint density at radius 2 is 2.15 bits per heavy atom. The van der Waals surface area contributed by atoms with Crippen molar-refractivity contribution < 1.29 is 9.66 Å². The van der Waals surface area contributed by atoms with Crippen LogP contribution in [0.25, 0.3) is 0 Å². The van der Waals surface area contributed by atoms with E-state index in [1.807, 2.05) is 24.3 Å². The molecule has 2 aromatic rings. The van der Waals surface area contributed by atoms with E-state index in [9.17, 15) is 10.1 Å². The number of nitrogens with two attached hydrogens (primary N) is 1. The maximum absolute atomic E-state index is 10.9. The number of methoxy groups -OCH3 is 1. The van der Waals surface area contributed by atoms with Crippen LogP contribution in [0.1, 0.15) is 16.8 Å². The number of hydrogen-bond donors (Lipinski definition) is 1. The number of anilines is 1. The molecule has 7 heteroatoms. The number of ether oxygens (including phenoxy) is 1. The van der Waals surface area contributed by atoms with Gasteiger partial charge < -0.3 is 10.5 Å². The molecule has 0 saturated heterocycles. The Morgan fingerprint density at radius 1 is 1.45 bits per heavy atom. The van der Waals surface area contributed by atoms with Gasteiger partial charge in [0.25, 0.3) is 0 Å². The molecule has 2 rings (SSSR count). The molecule has 1 aromatic carbocycles. The van der Waals surface area contributed by atoms with E-state index in [4.69, 9.17) is 10.5 Å². The first-order chi connectivity index (χ1) is 9.52. The molecule has 0 radical (unpaired) electrons. The highest BCUT2D eigenvalue weighted by molar-refractivity contribution is 5.56. The van der Waals surface area contributed by atoms with Crippen molar-refractivity contribution in [1.29, 1.82) is 0 Å². The summed E-state index contributed by atoms with van der Waals surface area (Å²) in [6.07, 6.45) is 0. The lowest BCUT2D eigenvalue weighted by Gasteiger charge is -2.06. The number of hydrogen-bond acceptors (Lipinski definition) is 5. The molecular weight excluding hydrogens is 260 g/mol. The fourth-order valence-corrected chi connectivity index (χ4v) is 2.09. The van der Waals surface area contributed by atoms with E-state index in [2.05, 4.69) is 5.10 Å². The number of nitro groups is 1. The van der Waals surface area contributed by atoms with Crippen molar-refractivity contribution in [2.75, 3.05) is 12.8 Å². The van der Waals surface area contributed by atoms with Crippen LogP contribution < -0.4 is 5.73 Å². The second-order valence-electron chi connectivity index (χ2n) is 4.49. The van der Waals surface area contributed by atoms with Crippen molar-refractivity contribution in [1.82, 2.24) is 9.78 Å². The van der Waals surface area contributed by atoms with Crippen LogP contribution in [0.15, 0.2) is 24.3 Å². The van der Waals surface area contributed by atoms with Crippen LogP contribution in [-0.4, -0.2) is 21.8 Å². The summed E-state index contributed by atoms with van der Waals surface area (Å²) >= 11 is 0. The molecule has 20 heavy (non-hydrogen) atoms. The Hall–Kier alpha value is -2.41. The third kappa shape index (κ3) is 2.77. The Kier molecular flexibility index (Phi) is 3.99.